The molecule has 5 rings (SSSR count). The molecule has 1 aromatic heterocycles. The molecule has 0 spiro atoms. The third kappa shape index (κ3) is 4.64. The minimum atomic E-state index is -0.497. The first kappa shape index (κ1) is 22.8. The van der Waals surface area contributed by atoms with Gasteiger partial charge in [-0.25, -0.2) is 9.87 Å². The van der Waals surface area contributed by atoms with Gasteiger partial charge in [0, 0.05) is 10.4 Å². The molecule has 172 valence electrons. The molecule has 1 aliphatic rings. The van der Waals surface area contributed by atoms with Crippen molar-refractivity contribution in [3.8, 4) is 11.5 Å². The SMILES string of the molecule is Cc1ccc(C[C@@H]2CONC(c3c(Oc4cccc(Br)c4F)cnc4ccccc34)=N2)c(Cl)c1. The van der Waals surface area contributed by atoms with Gasteiger partial charge in [-0.1, -0.05) is 48.0 Å². The number of hydrogen-bond acceptors (Lipinski definition) is 5. The van der Waals surface area contributed by atoms with Gasteiger partial charge in [0.05, 0.1) is 34.4 Å². The van der Waals surface area contributed by atoms with Crippen molar-refractivity contribution in [2.45, 2.75) is 19.4 Å². The number of ether oxygens (including phenoxy) is 1. The molecule has 1 aliphatic heterocycles. The zero-order valence-corrected chi connectivity index (χ0v) is 20.5. The smallest absolute Gasteiger partial charge is 0.179 e. The van der Waals surface area contributed by atoms with Crippen molar-refractivity contribution in [1.82, 2.24) is 10.5 Å². The van der Waals surface area contributed by atoms with E-state index < -0.39 is 5.82 Å². The maximum atomic E-state index is 14.7. The monoisotopic (exact) mass is 539 g/mol. The Morgan fingerprint density at radius 1 is 1.15 bits per heavy atom. The molecule has 0 saturated carbocycles. The van der Waals surface area contributed by atoms with Crippen LogP contribution in [0.4, 0.5) is 4.39 Å². The first-order valence-electron chi connectivity index (χ1n) is 10.7. The molecule has 0 bridgehead atoms. The van der Waals surface area contributed by atoms with Gasteiger partial charge in [0.2, 0.25) is 0 Å². The highest BCUT2D eigenvalue weighted by Crippen LogP contribution is 2.34. The van der Waals surface area contributed by atoms with E-state index in [1.54, 1.807) is 24.4 Å². The van der Waals surface area contributed by atoms with E-state index in [2.05, 4.69) is 26.4 Å². The summed E-state index contributed by atoms with van der Waals surface area (Å²) in [5.41, 5.74) is 6.43. The molecule has 34 heavy (non-hydrogen) atoms. The van der Waals surface area contributed by atoms with Gasteiger partial charge >= 0.3 is 0 Å². The van der Waals surface area contributed by atoms with Crippen molar-refractivity contribution in [1.29, 1.82) is 0 Å². The summed E-state index contributed by atoms with van der Waals surface area (Å²) in [5, 5.41) is 1.51. The van der Waals surface area contributed by atoms with Crippen molar-refractivity contribution in [3.05, 3.63) is 98.9 Å². The molecule has 0 aliphatic carbocycles. The standard InChI is InChI=1S/C26H20BrClFN3O2/c1-15-9-10-16(20(28)11-15)12-17-14-33-32-26(31-17)24-18-5-2-3-7-21(18)30-13-23(24)34-22-8-4-6-19(27)25(22)29/h2-11,13,17H,12,14H2,1H3,(H,31,32)/t17-/m1/s1. The fraction of sp³-hybridized carbons (Fsp3) is 0.154. The Bertz CT molecular complexity index is 1410. The van der Waals surface area contributed by atoms with Gasteiger partial charge in [0.15, 0.2) is 23.2 Å². The lowest BCUT2D eigenvalue weighted by molar-refractivity contribution is 0.0624. The van der Waals surface area contributed by atoms with Gasteiger partial charge in [-0.05, 0) is 64.7 Å². The quantitative estimate of drug-likeness (QED) is 0.303. The number of benzene rings is 3. The number of pyridine rings is 1. The fourth-order valence-electron chi connectivity index (χ4n) is 3.87. The number of aromatic nitrogens is 1. The van der Waals surface area contributed by atoms with Crippen LogP contribution in [0.5, 0.6) is 11.5 Å². The van der Waals surface area contributed by atoms with E-state index in [-0.39, 0.29) is 11.8 Å². The summed E-state index contributed by atoms with van der Waals surface area (Å²) >= 11 is 9.66. The largest absolute Gasteiger partial charge is 0.452 e. The fourth-order valence-corrected chi connectivity index (χ4v) is 4.53. The van der Waals surface area contributed by atoms with Crippen LogP contribution in [0.3, 0.4) is 0 Å². The number of aliphatic imine (C=N–C) groups is 1. The van der Waals surface area contributed by atoms with Crippen LogP contribution in [0.2, 0.25) is 5.02 Å². The summed E-state index contributed by atoms with van der Waals surface area (Å²) in [6.45, 7) is 2.39. The first-order chi connectivity index (χ1) is 16.5. The highest BCUT2D eigenvalue weighted by Gasteiger charge is 2.24. The predicted molar refractivity (Wildman–Crippen MR) is 135 cm³/mol. The second kappa shape index (κ2) is 9.70. The van der Waals surface area contributed by atoms with Crippen LogP contribution in [0.25, 0.3) is 10.9 Å². The van der Waals surface area contributed by atoms with Crippen LogP contribution in [-0.4, -0.2) is 23.5 Å². The minimum Gasteiger partial charge on any atom is -0.452 e. The molecule has 3 aromatic carbocycles. The van der Waals surface area contributed by atoms with E-state index in [0.717, 1.165) is 22.0 Å². The third-order valence-corrected chi connectivity index (χ3v) is 6.50. The molecule has 8 heteroatoms. The van der Waals surface area contributed by atoms with Crippen LogP contribution < -0.4 is 10.2 Å². The molecule has 0 fully saturated rings. The van der Waals surface area contributed by atoms with Gasteiger partial charge in [-0.2, -0.15) is 0 Å². The number of hydrogen-bond donors (Lipinski definition) is 1. The van der Waals surface area contributed by atoms with E-state index >= 15 is 0 Å². The molecular weight excluding hydrogens is 521 g/mol. The Labute approximate surface area is 209 Å². The molecule has 2 heterocycles. The number of aryl methyl sites for hydroxylation is 1. The Balaban J connectivity index is 1.57. The van der Waals surface area contributed by atoms with Crippen molar-refractivity contribution >= 4 is 44.3 Å². The van der Waals surface area contributed by atoms with Crippen LogP contribution in [0.15, 0.2) is 76.3 Å². The lowest BCUT2D eigenvalue weighted by Gasteiger charge is -2.24. The second-order valence-electron chi connectivity index (χ2n) is 8.01. The average Bonchev–Trinajstić information content (AvgIpc) is 2.84. The summed E-state index contributed by atoms with van der Waals surface area (Å²) in [4.78, 5) is 15.1. The zero-order valence-electron chi connectivity index (χ0n) is 18.2. The lowest BCUT2D eigenvalue weighted by atomic mass is 10.0. The van der Waals surface area contributed by atoms with Gasteiger partial charge < -0.3 is 4.74 Å². The first-order valence-corrected chi connectivity index (χ1v) is 11.9. The van der Waals surface area contributed by atoms with E-state index in [1.165, 1.54) is 0 Å². The lowest BCUT2D eigenvalue weighted by Crippen LogP contribution is -2.37. The zero-order chi connectivity index (χ0) is 23.7. The highest BCUT2D eigenvalue weighted by atomic mass is 79.9. The number of hydroxylamine groups is 1. The molecule has 1 atom stereocenters. The van der Waals surface area contributed by atoms with E-state index in [0.29, 0.717) is 39.7 Å². The number of nitrogens with zero attached hydrogens (tertiary/aromatic N) is 2. The summed E-state index contributed by atoms with van der Waals surface area (Å²) < 4.78 is 21.0. The van der Waals surface area contributed by atoms with Gasteiger partial charge in [0.1, 0.15) is 0 Å². The summed E-state index contributed by atoms with van der Waals surface area (Å²) in [6, 6.07) is 18.3. The number of halogens is 3. The summed E-state index contributed by atoms with van der Waals surface area (Å²) in [7, 11) is 0. The second-order valence-corrected chi connectivity index (χ2v) is 9.27. The Kier molecular flexibility index (Phi) is 6.50. The summed E-state index contributed by atoms with van der Waals surface area (Å²) in [5.74, 6) is 0.430. The Hall–Kier alpha value is -3.00. The Morgan fingerprint density at radius 3 is 2.85 bits per heavy atom. The maximum absolute atomic E-state index is 14.7. The number of amidine groups is 1. The molecule has 0 saturated heterocycles. The number of fused-ring (bicyclic) bond motifs is 1. The normalized spacial score (nSPS) is 15.6. The van der Waals surface area contributed by atoms with Crippen LogP contribution in [0.1, 0.15) is 16.7 Å². The molecule has 0 amide bonds. The van der Waals surface area contributed by atoms with Crippen LogP contribution >= 0.6 is 27.5 Å². The van der Waals surface area contributed by atoms with Gasteiger partial charge in [-0.15, -0.1) is 0 Å². The van der Waals surface area contributed by atoms with Gasteiger partial charge in [0.25, 0.3) is 0 Å². The Morgan fingerprint density at radius 2 is 2.00 bits per heavy atom. The highest BCUT2D eigenvalue weighted by molar-refractivity contribution is 9.10. The van der Waals surface area contributed by atoms with Gasteiger partial charge in [-0.3, -0.25) is 14.8 Å². The van der Waals surface area contributed by atoms with Crippen molar-refractivity contribution < 1.29 is 14.0 Å². The third-order valence-electron chi connectivity index (χ3n) is 5.53. The van der Waals surface area contributed by atoms with E-state index in [9.17, 15) is 4.39 Å². The molecular formula is C26H20BrClFN3O2. The topological polar surface area (TPSA) is 55.7 Å². The average molecular weight is 541 g/mol. The van der Waals surface area contributed by atoms with E-state index in [1.807, 2.05) is 49.4 Å². The molecule has 0 unspecified atom stereocenters. The maximum Gasteiger partial charge on any atom is 0.179 e. The summed E-state index contributed by atoms with van der Waals surface area (Å²) in [6.07, 6.45) is 2.19. The predicted octanol–water partition coefficient (Wildman–Crippen LogP) is 6.78. The van der Waals surface area contributed by atoms with Crippen molar-refractivity contribution in [3.63, 3.8) is 0 Å². The van der Waals surface area contributed by atoms with Crippen molar-refractivity contribution in [2.24, 2.45) is 4.99 Å². The van der Waals surface area contributed by atoms with Crippen molar-refractivity contribution in [2.75, 3.05) is 6.61 Å². The molecule has 1 N–H and O–H groups in total. The van der Waals surface area contributed by atoms with Crippen LogP contribution in [0, 0.1) is 12.7 Å². The number of nitrogens with one attached hydrogen (secondary N) is 1. The van der Waals surface area contributed by atoms with E-state index in [4.69, 9.17) is 26.2 Å². The minimum absolute atomic E-state index is 0.0769. The molecule has 0 radical (unpaired) electrons. The molecule has 4 aromatic rings. The number of rotatable bonds is 5. The van der Waals surface area contributed by atoms with Crippen LogP contribution in [-0.2, 0) is 11.3 Å². The number of para-hydroxylation sites is 1. The molecule has 5 nitrogen and oxygen atoms in total.